The Balaban J connectivity index is 1.67. The first-order valence-corrected chi connectivity index (χ1v) is 7.52. The van der Waals surface area contributed by atoms with Gasteiger partial charge in [-0.05, 0) is 31.2 Å². The molecule has 2 heterocycles. The van der Waals surface area contributed by atoms with Crippen molar-refractivity contribution in [2.24, 2.45) is 0 Å². The molecule has 7 heteroatoms. The average molecular weight is 323 g/mol. The minimum atomic E-state index is -0.372. The summed E-state index contributed by atoms with van der Waals surface area (Å²) < 4.78 is 7.07. The highest BCUT2D eigenvalue weighted by Crippen LogP contribution is 2.23. The van der Waals surface area contributed by atoms with E-state index in [0.29, 0.717) is 29.5 Å². The summed E-state index contributed by atoms with van der Waals surface area (Å²) in [5.74, 6) is 1.30. The SMILES string of the molecule is CCOc1ccccc1NC(=O)Nc1cnn(-c2ccccn2)c1. The number of aromatic nitrogens is 3. The molecule has 0 radical (unpaired) electrons. The Labute approximate surface area is 139 Å². The van der Waals surface area contributed by atoms with Crippen molar-refractivity contribution in [3.8, 4) is 11.6 Å². The molecule has 0 aliphatic rings. The molecule has 0 unspecified atom stereocenters. The zero-order valence-electron chi connectivity index (χ0n) is 13.1. The second-order valence-corrected chi connectivity index (χ2v) is 4.87. The molecule has 3 aromatic rings. The molecule has 0 bridgehead atoms. The molecule has 122 valence electrons. The first kappa shape index (κ1) is 15.5. The lowest BCUT2D eigenvalue weighted by Gasteiger charge is -2.11. The van der Waals surface area contributed by atoms with Crippen LogP contribution in [0.4, 0.5) is 16.2 Å². The summed E-state index contributed by atoms with van der Waals surface area (Å²) in [7, 11) is 0. The highest BCUT2D eigenvalue weighted by Gasteiger charge is 2.09. The first-order chi connectivity index (χ1) is 11.8. The Morgan fingerprint density at radius 2 is 2.00 bits per heavy atom. The third-order valence-electron chi connectivity index (χ3n) is 3.16. The van der Waals surface area contributed by atoms with E-state index < -0.39 is 0 Å². The molecule has 3 rings (SSSR count). The van der Waals surface area contributed by atoms with E-state index in [1.54, 1.807) is 35.4 Å². The van der Waals surface area contributed by atoms with Gasteiger partial charge in [-0.25, -0.2) is 14.5 Å². The fourth-order valence-electron chi connectivity index (χ4n) is 2.14. The maximum Gasteiger partial charge on any atom is 0.323 e. The zero-order valence-corrected chi connectivity index (χ0v) is 13.1. The number of hydrogen-bond donors (Lipinski definition) is 2. The molecule has 7 nitrogen and oxygen atoms in total. The lowest BCUT2D eigenvalue weighted by atomic mass is 10.3. The Morgan fingerprint density at radius 3 is 2.79 bits per heavy atom. The van der Waals surface area contributed by atoms with E-state index in [1.165, 1.54) is 0 Å². The van der Waals surface area contributed by atoms with Crippen molar-refractivity contribution in [3.63, 3.8) is 0 Å². The molecule has 0 aliphatic heterocycles. The van der Waals surface area contributed by atoms with Crippen molar-refractivity contribution in [3.05, 3.63) is 61.1 Å². The molecule has 2 aromatic heterocycles. The average Bonchev–Trinajstić information content (AvgIpc) is 3.06. The number of hydrogen-bond acceptors (Lipinski definition) is 4. The summed E-state index contributed by atoms with van der Waals surface area (Å²) in [6.07, 6.45) is 4.93. The molecule has 0 aliphatic carbocycles. The van der Waals surface area contributed by atoms with Crippen LogP contribution in [-0.2, 0) is 0 Å². The summed E-state index contributed by atoms with van der Waals surface area (Å²) in [6, 6.07) is 12.4. The minimum absolute atomic E-state index is 0.372. The number of pyridine rings is 1. The maximum atomic E-state index is 12.2. The summed E-state index contributed by atoms with van der Waals surface area (Å²) in [5.41, 5.74) is 1.17. The number of ether oxygens (including phenoxy) is 1. The maximum absolute atomic E-state index is 12.2. The van der Waals surface area contributed by atoms with Gasteiger partial charge in [0.2, 0.25) is 0 Å². The molecule has 0 fully saturated rings. The molecule has 2 amide bonds. The molecule has 0 saturated heterocycles. The topological polar surface area (TPSA) is 81.1 Å². The van der Waals surface area contributed by atoms with Gasteiger partial charge >= 0.3 is 6.03 Å². The highest BCUT2D eigenvalue weighted by atomic mass is 16.5. The summed E-state index contributed by atoms with van der Waals surface area (Å²) in [5, 5.41) is 9.68. The highest BCUT2D eigenvalue weighted by molar-refractivity contribution is 6.00. The van der Waals surface area contributed by atoms with Crippen LogP contribution >= 0.6 is 0 Å². The van der Waals surface area contributed by atoms with E-state index in [2.05, 4.69) is 20.7 Å². The molecule has 0 saturated carbocycles. The van der Waals surface area contributed by atoms with Crippen molar-refractivity contribution >= 4 is 17.4 Å². The quantitative estimate of drug-likeness (QED) is 0.755. The predicted molar refractivity (Wildman–Crippen MR) is 91.6 cm³/mol. The monoisotopic (exact) mass is 323 g/mol. The van der Waals surface area contributed by atoms with Crippen LogP contribution in [0.1, 0.15) is 6.92 Å². The van der Waals surface area contributed by atoms with Gasteiger partial charge in [-0.2, -0.15) is 5.10 Å². The number of para-hydroxylation sites is 2. The van der Waals surface area contributed by atoms with E-state index in [9.17, 15) is 4.79 Å². The van der Waals surface area contributed by atoms with Crippen molar-refractivity contribution in [1.82, 2.24) is 14.8 Å². The van der Waals surface area contributed by atoms with Gasteiger partial charge in [0.15, 0.2) is 5.82 Å². The fraction of sp³-hybridized carbons (Fsp3) is 0.118. The number of carbonyl (C=O) groups is 1. The van der Waals surface area contributed by atoms with Crippen LogP contribution in [0.25, 0.3) is 5.82 Å². The van der Waals surface area contributed by atoms with Crippen LogP contribution in [-0.4, -0.2) is 27.4 Å². The Bertz CT molecular complexity index is 817. The molecular weight excluding hydrogens is 306 g/mol. The molecule has 2 N–H and O–H groups in total. The van der Waals surface area contributed by atoms with Gasteiger partial charge in [-0.1, -0.05) is 18.2 Å². The van der Waals surface area contributed by atoms with Gasteiger partial charge in [-0.15, -0.1) is 0 Å². The van der Waals surface area contributed by atoms with Crippen LogP contribution in [0, 0.1) is 0 Å². The van der Waals surface area contributed by atoms with Gasteiger partial charge in [-0.3, -0.25) is 0 Å². The third kappa shape index (κ3) is 3.70. The number of carbonyl (C=O) groups excluding carboxylic acids is 1. The van der Waals surface area contributed by atoms with Crippen LogP contribution in [0.3, 0.4) is 0 Å². The molecule has 0 spiro atoms. The van der Waals surface area contributed by atoms with Gasteiger partial charge in [0.25, 0.3) is 0 Å². The zero-order chi connectivity index (χ0) is 16.8. The third-order valence-corrected chi connectivity index (χ3v) is 3.16. The number of amides is 2. The number of anilines is 2. The molecule has 1 aromatic carbocycles. The number of rotatable bonds is 5. The molecule has 24 heavy (non-hydrogen) atoms. The normalized spacial score (nSPS) is 10.2. The van der Waals surface area contributed by atoms with Gasteiger partial charge in [0.1, 0.15) is 5.75 Å². The van der Waals surface area contributed by atoms with Gasteiger partial charge in [0.05, 0.1) is 30.4 Å². The largest absolute Gasteiger partial charge is 0.492 e. The lowest BCUT2D eigenvalue weighted by Crippen LogP contribution is -2.19. The molecule has 0 atom stereocenters. The second-order valence-electron chi connectivity index (χ2n) is 4.87. The van der Waals surface area contributed by atoms with Crippen LogP contribution < -0.4 is 15.4 Å². The smallest absolute Gasteiger partial charge is 0.323 e. The second kappa shape index (κ2) is 7.28. The van der Waals surface area contributed by atoms with E-state index in [0.717, 1.165) is 0 Å². The van der Waals surface area contributed by atoms with Gasteiger partial charge < -0.3 is 15.4 Å². The number of nitrogens with zero attached hydrogens (tertiary/aromatic N) is 3. The lowest BCUT2D eigenvalue weighted by molar-refractivity contribution is 0.262. The van der Waals surface area contributed by atoms with Crippen LogP contribution in [0.15, 0.2) is 61.1 Å². The first-order valence-electron chi connectivity index (χ1n) is 7.52. The number of benzene rings is 1. The standard InChI is InChI=1S/C17H17N5O2/c1-2-24-15-8-4-3-7-14(15)21-17(23)20-13-11-19-22(12-13)16-9-5-6-10-18-16/h3-12H,2H2,1H3,(H2,20,21,23). The van der Waals surface area contributed by atoms with Crippen LogP contribution in [0.5, 0.6) is 5.75 Å². The van der Waals surface area contributed by atoms with E-state index in [1.807, 2.05) is 37.3 Å². The van der Waals surface area contributed by atoms with Crippen molar-refractivity contribution < 1.29 is 9.53 Å². The fourth-order valence-corrected chi connectivity index (χ4v) is 2.14. The van der Waals surface area contributed by atoms with E-state index >= 15 is 0 Å². The Kier molecular flexibility index (Phi) is 4.71. The minimum Gasteiger partial charge on any atom is -0.492 e. The van der Waals surface area contributed by atoms with Crippen molar-refractivity contribution in [2.45, 2.75) is 6.92 Å². The summed E-state index contributed by atoms with van der Waals surface area (Å²) in [6.45, 7) is 2.42. The van der Waals surface area contributed by atoms with Crippen molar-refractivity contribution in [1.29, 1.82) is 0 Å². The predicted octanol–water partition coefficient (Wildman–Crippen LogP) is 3.31. The molecular formula is C17H17N5O2. The Morgan fingerprint density at radius 1 is 1.17 bits per heavy atom. The Hall–Kier alpha value is -3.35. The summed E-state index contributed by atoms with van der Waals surface area (Å²) >= 11 is 0. The van der Waals surface area contributed by atoms with E-state index in [-0.39, 0.29) is 6.03 Å². The number of nitrogens with one attached hydrogen (secondary N) is 2. The van der Waals surface area contributed by atoms with Crippen LogP contribution in [0.2, 0.25) is 0 Å². The van der Waals surface area contributed by atoms with Crippen molar-refractivity contribution in [2.75, 3.05) is 17.2 Å². The summed E-state index contributed by atoms with van der Waals surface area (Å²) in [4.78, 5) is 16.4. The van der Waals surface area contributed by atoms with Gasteiger partial charge in [0, 0.05) is 6.20 Å². The van der Waals surface area contributed by atoms with E-state index in [4.69, 9.17) is 4.74 Å². The number of urea groups is 1.